The van der Waals surface area contributed by atoms with Gasteiger partial charge in [0, 0.05) is 0 Å². The number of nitrogens with one attached hydrogen (secondary N) is 1. The second-order valence-electron chi connectivity index (χ2n) is 4.41. The highest BCUT2D eigenvalue weighted by Crippen LogP contribution is 2.26. The molecule has 0 aliphatic heterocycles. The van der Waals surface area contributed by atoms with Crippen molar-refractivity contribution in [2.24, 2.45) is 10.7 Å². The van der Waals surface area contributed by atoms with E-state index < -0.39 is 31.1 Å². The molecule has 1 aromatic carbocycles. The molecule has 0 fully saturated rings. The molecule has 0 radical (unpaired) electrons. The summed E-state index contributed by atoms with van der Waals surface area (Å²) in [6.07, 6.45) is 0. The summed E-state index contributed by atoms with van der Waals surface area (Å²) in [5, 5.41) is 10.9. The van der Waals surface area contributed by atoms with Gasteiger partial charge in [0.05, 0.1) is 29.9 Å². The van der Waals surface area contributed by atoms with E-state index in [0.717, 1.165) is 0 Å². The number of carboxylic acid groups (broad SMARTS) is 1. The molecule has 0 aromatic heterocycles. The Morgan fingerprint density at radius 3 is 2.57 bits per heavy atom. The number of rotatable bonds is 7. The first-order valence-corrected chi connectivity index (χ1v) is 6.46. The predicted molar refractivity (Wildman–Crippen MR) is 81.8 cm³/mol. The molecule has 124 valence electrons. The quantitative estimate of drug-likeness (QED) is 0.377. The molecular weight excluding hydrogens is 306 g/mol. The van der Waals surface area contributed by atoms with Gasteiger partial charge >= 0.3 is 11.9 Å². The Balaban J connectivity index is 2.92. The Hall–Kier alpha value is -2.94. The third kappa shape index (κ3) is 6.14. The van der Waals surface area contributed by atoms with Gasteiger partial charge in [-0.2, -0.15) is 0 Å². The number of carbonyl (C=O) groups is 3. The molecule has 0 heterocycles. The number of aliphatic carboxylic acids is 1. The normalized spacial score (nSPS) is 11.0. The van der Waals surface area contributed by atoms with Gasteiger partial charge in [0.1, 0.15) is 13.2 Å². The summed E-state index contributed by atoms with van der Waals surface area (Å²) < 4.78 is 9.29. The van der Waals surface area contributed by atoms with Crippen molar-refractivity contribution >= 4 is 35.1 Å². The van der Waals surface area contributed by atoms with Gasteiger partial charge < -0.3 is 25.6 Å². The van der Waals surface area contributed by atoms with Crippen molar-refractivity contribution in [2.45, 2.75) is 6.92 Å². The van der Waals surface area contributed by atoms with E-state index in [2.05, 4.69) is 19.8 Å². The number of amidine groups is 1. The molecule has 0 unspecified atom stereocenters. The molecule has 9 nitrogen and oxygen atoms in total. The van der Waals surface area contributed by atoms with Crippen molar-refractivity contribution in [3.8, 4) is 0 Å². The third-order valence-electron chi connectivity index (χ3n) is 2.45. The maximum atomic E-state index is 11.7. The van der Waals surface area contributed by atoms with Gasteiger partial charge in [-0.05, 0) is 25.1 Å². The topological polar surface area (TPSA) is 140 Å². The van der Waals surface area contributed by atoms with Gasteiger partial charge in [0.15, 0.2) is 0 Å². The van der Waals surface area contributed by atoms with Crippen LogP contribution in [0.1, 0.15) is 17.3 Å². The van der Waals surface area contributed by atoms with Crippen LogP contribution in [-0.2, 0) is 19.1 Å². The molecule has 0 atom stereocenters. The second kappa shape index (κ2) is 8.49. The summed E-state index contributed by atoms with van der Waals surface area (Å²) in [5.41, 5.74) is 6.33. The van der Waals surface area contributed by atoms with Crippen LogP contribution in [0.25, 0.3) is 0 Å². The van der Waals surface area contributed by atoms with E-state index in [1.165, 1.54) is 25.3 Å². The minimum atomic E-state index is -1.18. The van der Waals surface area contributed by atoms with Gasteiger partial charge in [-0.15, -0.1) is 0 Å². The summed E-state index contributed by atoms with van der Waals surface area (Å²) in [7, 11) is 1.24. The molecule has 0 bridgehead atoms. The highest BCUT2D eigenvalue weighted by molar-refractivity contribution is 5.98. The summed E-state index contributed by atoms with van der Waals surface area (Å²) in [6.45, 7) is 0.532. The van der Waals surface area contributed by atoms with Crippen LogP contribution in [-0.4, -0.2) is 49.1 Å². The summed E-state index contributed by atoms with van der Waals surface area (Å²) in [6, 6.07) is 4.32. The Labute approximate surface area is 132 Å². The Kier molecular flexibility index (Phi) is 6.68. The fourth-order valence-corrected chi connectivity index (χ4v) is 1.58. The van der Waals surface area contributed by atoms with Crippen LogP contribution in [0.15, 0.2) is 23.2 Å². The van der Waals surface area contributed by atoms with Gasteiger partial charge in [0.25, 0.3) is 0 Å². The summed E-state index contributed by atoms with van der Waals surface area (Å²) in [5.74, 6) is -2.07. The van der Waals surface area contributed by atoms with E-state index >= 15 is 0 Å². The van der Waals surface area contributed by atoms with Crippen LogP contribution in [0.2, 0.25) is 0 Å². The van der Waals surface area contributed by atoms with Crippen LogP contribution in [0, 0.1) is 0 Å². The van der Waals surface area contributed by atoms with Gasteiger partial charge in [-0.25, -0.2) is 14.6 Å². The first-order chi connectivity index (χ1) is 10.8. The Morgan fingerprint density at radius 1 is 1.30 bits per heavy atom. The van der Waals surface area contributed by atoms with E-state index in [-0.39, 0.29) is 17.1 Å². The highest BCUT2D eigenvalue weighted by atomic mass is 16.5. The minimum absolute atomic E-state index is 0.227. The highest BCUT2D eigenvalue weighted by Gasteiger charge is 2.12. The van der Waals surface area contributed by atoms with Gasteiger partial charge in [-0.1, -0.05) is 0 Å². The first-order valence-electron chi connectivity index (χ1n) is 6.46. The lowest BCUT2D eigenvalue weighted by atomic mass is 10.1. The molecule has 23 heavy (non-hydrogen) atoms. The average Bonchev–Trinajstić information content (AvgIpc) is 2.47. The molecule has 4 N–H and O–H groups in total. The zero-order valence-electron chi connectivity index (χ0n) is 12.7. The van der Waals surface area contributed by atoms with Crippen molar-refractivity contribution in [2.75, 3.05) is 25.6 Å². The van der Waals surface area contributed by atoms with Crippen LogP contribution >= 0.6 is 0 Å². The largest absolute Gasteiger partial charge is 0.480 e. The Morgan fingerprint density at radius 2 is 2.00 bits per heavy atom. The van der Waals surface area contributed by atoms with Crippen LogP contribution in [0.5, 0.6) is 0 Å². The molecular formula is C14H17N3O6. The van der Waals surface area contributed by atoms with Gasteiger partial charge in [0.2, 0.25) is 5.91 Å². The minimum Gasteiger partial charge on any atom is -0.480 e. The molecule has 0 saturated carbocycles. The average molecular weight is 323 g/mol. The van der Waals surface area contributed by atoms with Crippen molar-refractivity contribution < 1.29 is 29.0 Å². The summed E-state index contributed by atoms with van der Waals surface area (Å²) >= 11 is 0. The maximum absolute atomic E-state index is 11.7. The fourth-order valence-electron chi connectivity index (χ4n) is 1.58. The number of aliphatic imine (C=N–C) groups is 1. The predicted octanol–water partition coefficient (Wildman–Crippen LogP) is 0.521. The zero-order valence-corrected chi connectivity index (χ0v) is 12.7. The Bertz CT molecular complexity index is 637. The molecule has 1 aromatic rings. The van der Waals surface area contributed by atoms with E-state index in [4.69, 9.17) is 10.8 Å². The lowest BCUT2D eigenvalue weighted by molar-refractivity contribution is -0.143. The number of carbonyl (C=O) groups excluding carboxylic acids is 2. The lowest BCUT2D eigenvalue weighted by Gasteiger charge is -2.10. The van der Waals surface area contributed by atoms with Crippen molar-refractivity contribution in [3.63, 3.8) is 0 Å². The molecule has 0 aliphatic rings. The summed E-state index contributed by atoms with van der Waals surface area (Å²) in [4.78, 5) is 37.6. The molecule has 0 spiro atoms. The van der Waals surface area contributed by atoms with Crippen LogP contribution in [0.4, 0.5) is 11.4 Å². The number of carboxylic acids is 1. The van der Waals surface area contributed by atoms with E-state index in [9.17, 15) is 14.4 Å². The van der Waals surface area contributed by atoms with E-state index in [1.807, 2.05) is 0 Å². The molecule has 0 aliphatic carbocycles. The van der Waals surface area contributed by atoms with E-state index in [1.54, 1.807) is 6.92 Å². The SMILES string of the molecule is COC(=O)c1ccc(NC(=O)COCC(=O)O)c(N=C(C)N)c1. The molecule has 1 rings (SSSR count). The molecule has 0 saturated heterocycles. The lowest BCUT2D eigenvalue weighted by Crippen LogP contribution is -2.21. The number of nitrogens with two attached hydrogens (primary N) is 1. The zero-order chi connectivity index (χ0) is 17.4. The van der Waals surface area contributed by atoms with Crippen molar-refractivity contribution in [1.29, 1.82) is 0 Å². The second-order valence-corrected chi connectivity index (χ2v) is 4.41. The smallest absolute Gasteiger partial charge is 0.337 e. The number of methoxy groups -OCH3 is 1. The van der Waals surface area contributed by atoms with Crippen molar-refractivity contribution in [3.05, 3.63) is 23.8 Å². The standard InChI is InChI=1S/C14H17N3O6/c1-8(15)16-11-5-9(14(21)22-2)3-4-10(11)17-12(18)6-23-7-13(19)20/h3-5H,6-7H2,1-2H3,(H2,15,16)(H,17,18)(H,19,20). The maximum Gasteiger partial charge on any atom is 0.337 e. The number of amides is 1. The molecule has 9 heteroatoms. The monoisotopic (exact) mass is 323 g/mol. The number of ether oxygens (including phenoxy) is 2. The first kappa shape index (κ1) is 18.1. The number of hydrogen-bond donors (Lipinski definition) is 3. The molecule has 1 amide bonds. The number of esters is 1. The number of hydrogen-bond acceptors (Lipinski definition) is 6. The number of nitrogens with zero attached hydrogens (tertiary/aromatic N) is 1. The van der Waals surface area contributed by atoms with Crippen LogP contribution in [0.3, 0.4) is 0 Å². The van der Waals surface area contributed by atoms with Crippen LogP contribution < -0.4 is 11.1 Å². The van der Waals surface area contributed by atoms with Crippen molar-refractivity contribution in [1.82, 2.24) is 0 Å². The number of anilines is 1. The van der Waals surface area contributed by atoms with E-state index in [0.29, 0.717) is 5.69 Å². The third-order valence-corrected chi connectivity index (χ3v) is 2.45. The van der Waals surface area contributed by atoms with Gasteiger partial charge in [-0.3, -0.25) is 4.79 Å². The number of benzene rings is 1. The fraction of sp³-hybridized carbons (Fsp3) is 0.286.